The van der Waals surface area contributed by atoms with E-state index in [-0.39, 0.29) is 5.69 Å². The molecule has 1 heterocycles. The molecule has 0 unspecified atom stereocenters. The minimum absolute atomic E-state index is 0.0999. The van der Waals surface area contributed by atoms with Gasteiger partial charge in [0.15, 0.2) is 10.9 Å². The summed E-state index contributed by atoms with van der Waals surface area (Å²) in [5, 5.41) is 0.431. The Morgan fingerprint density at radius 1 is 1.44 bits per heavy atom. The smallest absolute Gasteiger partial charge is 0.271 e. The van der Waals surface area contributed by atoms with Gasteiger partial charge in [0, 0.05) is 6.54 Å². The Hall–Kier alpha value is -1.21. The zero-order chi connectivity index (χ0) is 13.7. The van der Waals surface area contributed by atoms with Crippen LogP contribution < -0.4 is 11.5 Å². The Kier molecular flexibility index (Phi) is 5.49. The summed E-state index contributed by atoms with van der Waals surface area (Å²) in [5.74, 6) is -0.322. The third kappa shape index (κ3) is 3.39. The third-order valence-corrected chi connectivity index (χ3v) is 3.31. The molecule has 1 amide bonds. The normalized spacial score (nSPS) is 11.1. The standard InChI is InChI=1S/C11H21N5OS/c1-3-15(4-2)6-5-7-16-9(12)8(10(13)17)14-11(16)18/h3-7,12H2,1-2H3,(H2,13,17)(H,14,18). The number of hydrogen-bond acceptors (Lipinski definition) is 5. The lowest BCUT2D eigenvalue weighted by molar-refractivity contribution is 0.0996. The second-order valence-electron chi connectivity index (χ2n) is 4.04. The molecule has 1 rings (SSSR count). The summed E-state index contributed by atoms with van der Waals surface area (Å²) in [5.41, 5.74) is 11.1. The van der Waals surface area contributed by atoms with Gasteiger partial charge in [-0.3, -0.25) is 4.79 Å². The first-order valence-electron chi connectivity index (χ1n) is 6.08. The molecule has 7 heteroatoms. The molecule has 1 aromatic heterocycles. The van der Waals surface area contributed by atoms with Gasteiger partial charge in [-0.25, -0.2) is 4.98 Å². The van der Waals surface area contributed by atoms with Crippen molar-refractivity contribution in [3.05, 3.63) is 5.69 Å². The number of amides is 1. The van der Waals surface area contributed by atoms with Crippen LogP contribution in [0.25, 0.3) is 0 Å². The van der Waals surface area contributed by atoms with E-state index in [1.165, 1.54) is 0 Å². The van der Waals surface area contributed by atoms with E-state index in [9.17, 15) is 4.79 Å². The van der Waals surface area contributed by atoms with E-state index >= 15 is 0 Å². The SMILES string of the molecule is CCN(CC)CCCn1c(S)nc(C(N)=O)c1N. The minimum atomic E-state index is -0.620. The van der Waals surface area contributed by atoms with Crippen LogP contribution in [0.5, 0.6) is 0 Å². The Bertz CT molecular complexity index is 414. The minimum Gasteiger partial charge on any atom is -0.383 e. The van der Waals surface area contributed by atoms with Gasteiger partial charge in [-0.05, 0) is 26.1 Å². The van der Waals surface area contributed by atoms with Gasteiger partial charge in [-0.2, -0.15) is 0 Å². The molecular formula is C11H21N5OS. The van der Waals surface area contributed by atoms with Gasteiger partial charge in [-0.1, -0.05) is 13.8 Å². The van der Waals surface area contributed by atoms with E-state index in [2.05, 4.69) is 36.4 Å². The average molecular weight is 271 g/mol. The van der Waals surface area contributed by atoms with Crippen LogP contribution in [0, 0.1) is 0 Å². The first-order chi connectivity index (χ1) is 8.51. The van der Waals surface area contributed by atoms with Gasteiger partial charge in [0.2, 0.25) is 0 Å². The van der Waals surface area contributed by atoms with Crippen molar-refractivity contribution in [2.24, 2.45) is 5.73 Å². The van der Waals surface area contributed by atoms with E-state index in [4.69, 9.17) is 11.5 Å². The molecule has 4 N–H and O–H groups in total. The van der Waals surface area contributed by atoms with Crippen molar-refractivity contribution < 1.29 is 4.79 Å². The van der Waals surface area contributed by atoms with Crippen LogP contribution in [0.2, 0.25) is 0 Å². The highest BCUT2D eigenvalue weighted by Crippen LogP contribution is 2.17. The first-order valence-corrected chi connectivity index (χ1v) is 6.53. The van der Waals surface area contributed by atoms with Crippen LogP contribution in [0.15, 0.2) is 5.16 Å². The van der Waals surface area contributed by atoms with Crippen molar-refractivity contribution in [3.8, 4) is 0 Å². The lowest BCUT2D eigenvalue weighted by atomic mass is 10.3. The van der Waals surface area contributed by atoms with Crippen LogP contribution in [-0.2, 0) is 6.54 Å². The molecular weight excluding hydrogens is 250 g/mol. The zero-order valence-electron chi connectivity index (χ0n) is 10.9. The molecule has 18 heavy (non-hydrogen) atoms. The second kappa shape index (κ2) is 6.65. The maximum atomic E-state index is 11.1. The molecule has 0 aliphatic rings. The van der Waals surface area contributed by atoms with Gasteiger partial charge >= 0.3 is 0 Å². The number of nitrogens with zero attached hydrogens (tertiary/aromatic N) is 3. The number of aromatic nitrogens is 2. The van der Waals surface area contributed by atoms with Crippen LogP contribution >= 0.6 is 12.6 Å². The second-order valence-corrected chi connectivity index (χ2v) is 4.44. The molecule has 6 nitrogen and oxygen atoms in total. The molecule has 0 atom stereocenters. The molecule has 0 aliphatic heterocycles. The van der Waals surface area contributed by atoms with Gasteiger partial charge in [-0.15, -0.1) is 12.6 Å². The topological polar surface area (TPSA) is 90.2 Å². The molecule has 0 spiro atoms. The van der Waals surface area contributed by atoms with Crippen LogP contribution in [0.4, 0.5) is 5.82 Å². The molecule has 0 saturated heterocycles. The molecule has 0 aromatic carbocycles. The van der Waals surface area contributed by atoms with Gasteiger partial charge in [0.25, 0.3) is 5.91 Å². The Morgan fingerprint density at radius 3 is 2.50 bits per heavy atom. The largest absolute Gasteiger partial charge is 0.383 e. The summed E-state index contributed by atoms with van der Waals surface area (Å²) >= 11 is 4.20. The highest BCUT2D eigenvalue weighted by atomic mass is 32.1. The maximum absolute atomic E-state index is 11.1. The van der Waals surface area contributed by atoms with Crippen molar-refractivity contribution in [1.82, 2.24) is 14.5 Å². The van der Waals surface area contributed by atoms with Crippen molar-refractivity contribution >= 4 is 24.4 Å². The van der Waals surface area contributed by atoms with Gasteiger partial charge in [0.05, 0.1) is 0 Å². The summed E-state index contributed by atoms with van der Waals surface area (Å²) in [4.78, 5) is 17.4. The fraction of sp³-hybridized carbons (Fsp3) is 0.636. The highest BCUT2D eigenvalue weighted by Gasteiger charge is 2.16. The quantitative estimate of drug-likeness (QED) is 0.633. The number of carbonyl (C=O) groups excluding carboxylic acids is 1. The van der Waals surface area contributed by atoms with Crippen molar-refractivity contribution in [2.45, 2.75) is 32.0 Å². The number of hydrogen-bond donors (Lipinski definition) is 3. The zero-order valence-corrected chi connectivity index (χ0v) is 11.8. The predicted octanol–water partition coefficient (Wildman–Crippen LogP) is 0.585. The molecule has 0 radical (unpaired) electrons. The average Bonchev–Trinajstić information content (AvgIpc) is 2.62. The van der Waals surface area contributed by atoms with Crippen molar-refractivity contribution in [2.75, 3.05) is 25.4 Å². The fourth-order valence-electron chi connectivity index (χ4n) is 1.85. The summed E-state index contributed by atoms with van der Waals surface area (Å²) < 4.78 is 1.71. The molecule has 0 aliphatic carbocycles. The van der Waals surface area contributed by atoms with Gasteiger partial charge < -0.3 is 20.9 Å². The number of nitrogens with two attached hydrogens (primary N) is 2. The Balaban J connectivity index is 2.65. The molecule has 0 fully saturated rings. The number of thiol groups is 1. The summed E-state index contributed by atoms with van der Waals surface area (Å²) in [6, 6.07) is 0. The fourth-order valence-corrected chi connectivity index (χ4v) is 2.15. The van der Waals surface area contributed by atoms with E-state index in [1.807, 2.05) is 0 Å². The van der Waals surface area contributed by atoms with E-state index < -0.39 is 5.91 Å². The lowest BCUT2D eigenvalue weighted by Crippen LogP contribution is -2.25. The number of primary amides is 1. The number of rotatable bonds is 7. The Morgan fingerprint density at radius 2 is 2.06 bits per heavy atom. The van der Waals surface area contributed by atoms with Crippen molar-refractivity contribution in [1.29, 1.82) is 0 Å². The molecule has 0 bridgehead atoms. The number of anilines is 1. The Labute approximate surface area is 113 Å². The van der Waals surface area contributed by atoms with Gasteiger partial charge in [0.1, 0.15) is 5.82 Å². The molecule has 0 saturated carbocycles. The van der Waals surface area contributed by atoms with Crippen LogP contribution in [0.3, 0.4) is 0 Å². The van der Waals surface area contributed by atoms with Crippen LogP contribution in [0.1, 0.15) is 30.8 Å². The summed E-state index contributed by atoms with van der Waals surface area (Å²) in [7, 11) is 0. The highest BCUT2D eigenvalue weighted by molar-refractivity contribution is 7.80. The number of imidazole rings is 1. The van der Waals surface area contributed by atoms with E-state index in [1.54, 1.807) is 4.57 Å². The maximum Gasteiger partial charge on any atom is 0.271 e. The van der Waals surface area contributed by atoms with E-state index in [0.29, 0.717) is 17.5 Å². The summed E-state index contributed by atoms with van der Waals surface area (Å²) in [6.07, 6.45) is 0.925. The summed E-state index contributed by atoms with van der Waals surface area (Å²) in [6.45, 7) is 7.96. The molecule has 1 aromatic rings. The predicted molar refractivity (Wildman–Crippen MR) is 74.8 cm³/mol. The first kappa shape index (κ1) is 14.8. The monoisotopic (exact) mass is 271 g/mol. The lowest BCUT2D eigenvalue weighted by Gasteiger charge is -2.18. The number of carbonyl (C=O) groups is 1. The number of nitrogen functional groups attached to an aromatic ring is 1. The molecule has 102 valence electrons. The van der Waals surface area contributed by atoms with Crippen molar-refractivity contribution in [3.63, 3.8) is 0 Å². The third-order valence-electron chi connectivity index (χ3n) is 2.97. The van der Waals surface area contributed by atoms with Crippen LogP contribution in [-0.4, -0.2) is 40.0 Å². The van der Waals surface area contributed by atoms with E-state index in [0.717, 1.165) is 26.1 Å².